The van der Waals surface area contributed by atoms with Crippen LogP contribution in [0.1, 0.15) is 44.0 Å². The molecule has 0 amide bonds. The Morgan fingerprint density at radius 3 is 2.18 bits per heavy atom. The molecule has 6 aromatic rings. The number of piperazine rings is 1. The van der Waals surface area contributed by atoms with Crippen LogP contribution in [0.25, 0.3) is 10.8 Å². The Bertz CT molecular complexity index is 2300. The average Bonchev–Trinajstić information content (AvgIpc) is 3.26. The SMILES string of the molecule is CN(C)CCOc1nc2c(c(N3CCNCC3CC(O)[Si](c3ccccc3)(c3ccccc3)C(C)(C)C)n1)CCN(c1cc(OCc3ccccc3)cc3ccccc13)C2. The Morgan fingerprint density at radius 2 is 1.50 bits per heavy atom. The molecule has 1 saturated heterocycles. The van der Waals surface area contributed by atoms with E-state index in [1.807, 2.05) is 32.3 Å². The number of rotatable bonds is 14. The van der Waals surface area contributed by atoms with Gasteiger partial charge in [0.2, 0.25) is 0 Å². The quantitative estimate of drug-likeness (QED) is 0.115. The molecule has 0 saturated carbocycles. The van der Waals surface area contributed by atoms with E-state index in [9.17, 15) is 5.11 Å². The minimum atomic E-state index is -2.81. The minimum absolute atomic E-state index is 0.00411. The number of nitrogens with zero attached hydrogens (tertiary/aromatic N) is 5. The second-order valence-corrected chi connectivity index (χ2v) is 22.5. The molecule has 312 valence electrons. The molecule has 8 rings (SSSR count). The number of fused-ring (bicyclic) bond motifs is 2. The van der Waals surface area contributed by atoms with Crippen LogP contribution in [0.5, 0.6) is 11.8 Å². The second-order valence-electron chi connectivity index (χ2n) is 17.6. The van der Waals surface area contributed by atoms with Crippen molar-refractivity contribution in [3.63, 3.8) is 0 Å². The fourth-order valence-corrected chi connectivity index (χ4v) is 15.5. The van der Waals surface area contributed by atoms with Crippen LogP contribution in [0.15, 0.2) is 127 Å². The standard InChI is InChI=1S/C50H60N6O3Si/c1-50(2,3)60(41-20-11-7-12-21-41,42-22-13-8-14-23-42)47(57)32-39-34-51-26-28-56(39)48-44-25-27-55(35-45(44)52-49(53-48)58-30-29-54(4)5)46-33-40(31-38-19-15-16-24-43(38)46)59-36-37-17-9-6-10-18-37/h6-24,31,33,39,47,51,57H,25-30,32,34-36H2,1-5H3. The fraction of sp³-hybridized carbons (Fsp3) is 0.360. The van der Waals surface area contributed by atoms with Crippen LogP contribution in [0, 0.1) is 0 Å². The maximum Gasteiger partial charge on any atom is 0.318 e. The summed E-state index contributed by atoms with van der Waals surface area (Å²) in [6.45, 7) is 12.5. The van der Waals surface area contributed by atoms with E-state index in [1.54, 1.807) is 0 Å². The summed E-state index contributed by atoms with van der Waals surface area (Å²) in [5, 5.41) is 21.3. The first kappa shape index (κ1) is 41.5. The molecule has 2 aliphatic rings. The number of nitrogens with one attached hydrogen (secondary N) is 1. The van der Waals surface area contributed by atoms with E-state index >= 15 is 0 Å². The lowest BCUT2D eigenvalue weighted by molar-refractivity contribution is 0.212. The third-order valence-electron chi connectivity index (χ3n) is 12.5. The normalized spacial score (nSPS) is 16.5. The number of ether oxygens (including phenoxy) is 2. The number of aliphatic hydroxyl groups is 1. The Balaban J connectivity index is 1.15. The van der Waals surface area contributed by atoms with Gasteiger partial charge in [0.15, 0.2) is 8.07 Å². The van der Waals surface area contributed by atoms with Crippen LogP contribution in [0.3, 0.4) is 0 Å². The van der Waals surface area contributed by atoms with Crippen LogP contribution in [0.4, 0.5) is 11.5 Å². The molecule has 10 heteroatoms. The summed E-state index contributed by atoms with van der Waals surface area (Å²) in [5.41, 5.74) is 3.85. The molecular formula is C50H60N6O3Si. The molecule has 1 aromatic heterocycles. The summed E-state index contributed by atoms with van der Waals surface area (Å²) < 4.78 is 12.8. The number of benzene rings is 5. The highest BCUT2D eigenvalue weighted by Gasteiger charge is 2.53. The van der Waals surface area contributed by atoms with E-state index in [1.165, 1.54) is 21.3 Å². The molecule has 1 fully saturated rings. The molecule has 9 nitrogen and oxygen atoms in total. The fourth-order valence-electron chi connectivity index (χ4n) is 9.57. The molecule has 2 atom stereocenters. The van der Waals surface area contributed by atoms with Crippen LogP contribution in [0.2, 0.25) is 5.04 Å². The number of anilines is 2. The van der Waals surface area contributed by atoms with E-state index in [4.69, 9.17) is 19.4 Å². The van der Waals surface area contributed by atoms with Gasteiger partial charge in [0, 0.05) is 61.5 Å². The van der Waals surface area contributed by atoms with Crippen molar-refractivity contribution in [2.75, 3.05) is 63.2 Å². The smallest absolute Gasteiger partial charge is 0.318 e. The molecule has 5 aromatic carbocycles. The minimum Gasteiger partial charge on any atom is -0.489 e. The highest BCUT2D eigenvalue weighted by molar-refractivity contribution is 7.05. The van der Waals surface area contributed by atoms with Crippen molar-refractivity contribution in [1.29, 1.82) is 0 Å². The van der Waals surface area contributed by atoms with Gasteiger partial charge in [-0.2, -0.15) is 9.97 Å². The van der Waals surface area contributed by atoms with E-state index in [0.29, 0.717) is 32.2 Å². The Kier molecular flexibility index (Phi) is 12.5. The molecule has 0 radical (unpaired) electrons. The van der Waals surface area contributed by atoms with Gasteiger partial charge in [0.05, 0.1) is 18.0 Å². The Labute approximate surface area is 357 Å². The van der Waals surface area contributed by atoms with Crippen molar-refractivity contribution in [2.45, 2.75) is 63.6 Å². The first-order valence-electron chi connectivity index (χ1n) is 21.5. The van der Waals surface area contributed by atoms with Crippen molar-refractivity contribution in [3.8, 4) is 11.8 Å². The van der Waals surface area contributed by atoms with Gasteiger partial charge < -0.3 is 34.6 Å². The number of hydrogen-bond acceptors (Lipinski definition) is 9. The van der Waals surface area contributed by atoms with Gasteiger partial charge in [0.1, 0.15) is 24.8 Å². The summed E-state index contributed by atoms with van der Waals surface area (Å²) in [4.78, 5) is 17.4. The summed E-state index contributed by atoms with van der Waals surface area (Å²) in [6.07, 6.45) is 1.38. The lowest BCUT2D eigenvalue weighted by atomic mass is 10.0. The van der Waals surface area contributed by atoms with Gasteiger partial charge >= 0.3 is 6.01 Å². The molecular weight excluding hydrogens is 761 g/mol. The van der Waals surface area contributed by atoms with Crippen molar-refractivity contribution < 1.29 is 14.6 Å². The molecule has 0 spiro atoms. The maximum absolute atomic E-state index is 13.0. The molecule has 0 aliphatic carbocycles. The first-order chi connectivity index (χ1) is 29.1. The second kappa shape index (κ2) is 18.2. The zero-order chi connectivity index (χ0) is 41.7. The van der Waals surface area contributed by atoms with E-state index in [-0.39, 0.29) is 11.1 Å². The van der Waals surface area contributed by atoms with E-state index in [2.05, 4.69) is 150 Å². The highest BCUT2D eigenvalue weighted by Crippen LogP contribution is 2.41. The van der Waals surface area contributed by atoms with E-state index < -0.39 is 13.8 Å². The van der Waals surface area contributed by atoms with Gasteiger partial charge in [-0.3, -0.25) is 0 Å². The zero-order valence-corrected chi connectivity index (χ0v) is 36.8. The Morgan fingerprint density at radius 1 is 0.833 bits per heavy atom. The highest BCUT2D eigenvalue weighted by atomic mass is 28.3. The largest absolute Gasteiger partial charge is 0.489 e. The van der Waals surface area contributed by atoms with Crippen molar-refractivity contribution in [3.05, 3.63) is 144 Å². The zero-order valence-electron chi connectivity index (χ0n) is 35.8. The molecule has 2 aliphatic heterocycles. The number of hydrogen-bond donors (Lipinski definition) is 2. The van der Waals surface area contributed by atoms with Gasteiger partial charge in [-0.25, -0.2) is 0 Å². The summed E-state index contributed by atoms with van der Waals surface area (Å²) in [5.74, 6) is 1.78. The lowest BCUT2D eigenvalue weighted by Gasteiger charge is -2.49. The summed E-state index contributed by atoms with van der Waals surface area (Å²) >= 11 is 0. The summed E-state index contributed by atoms with van der Waals surface area (Å²) in [6, 6.07) is 45.2. The topological polar surface area (TPSA) is 86.2 Å². The van der Waals surface area contributed by atoms with Crippen LogP contribution < -0.4 is 35.0 Å². The number of aromatic nitrogens is 2. The average molecular weight is 821 g/mol. The summed E-state index contributed by atoms with van der Waals surface area (Å²) in [7, 11) is 1.28. The van der Waals surface area contributed by atoms with Gasteiger partial charge in [-0.1, -0.05) is 146 Å². The number of likely N-dealkylation sites (N-methyl/N-ethyl adjacent to an activating group) is 1. The van der Waals surface area contributed by atoms with Gasteiger partial charge in [-0.05, 0) is 49.0 Å². The van der Waals surface area contributed by atoms with Crippen LogP contribution in [-0.2, 0) is 19.6 Å². The molecule has 2 unspecified atom stereocenters. The predicted octanol–water partition coefficient (Wildman–Crippen LogP) is 6.84. The van der Waals surface area contributed by atoms with Crippen LogP contribution >= 0.6 is 0 Å². The van der Waals surface area contributed by atoms with Crippen molar-refractivity contribution in [2.24, 2.45) is 0 Å². The molecule has 2 N–H and O–H groups in total. The third kappa shape index (κ3) is 8.65. The molecule has 3 heterocycles. The molecule has 60 heavy (non-hydrogen) atoms. The van der Waals surface area contributed by atoms with Crippen molar-refractivity contribution in [1.82, 2.24) is 20.2 Å². The van der Waals surface area contributed by atoms with Crippen LogP contribution in [-0.4, -0.2) is 93.2 Å². The van der Waals surface area contributed by atoms with Crippen molar-refractivity contribution >= 4 is 40.7 Å². The van der Waals surface area contributed by atoms with Gasteiger partial charge in [0.25, 0.3) is 0 Å². The Hall–Kier alpha value is -5.26. The first-order valence-corrected chi connectivity index (χ1v) is 23.6. The third-order valence-corrected chi connectivity index (χ3v) is 18.5. The molecule has 0 bridgehead atoms. The maximum atomic E-state index is 13.0. The van der Waals surface area contributed by atoms with Gasteiger partial charge in [-0.15, -0.1) is 0 Å². The van der Waals surface area contributed by atoms with E-state index in [0.717, 1.165) is 73.0 Å². The predicted molar refractivity (Wildman–Crippen MR) is 248 cm³/mol. The number of aliphatic hydroxyl groups excluding tert-OH is 1. The lowest BCUT2D eigenvalue weighted by Crippen LogP contribution is -2.72. The monoisotopic (exact) mass is 820 g/mol.